The zero-order chi connectivity index (χ0) is 16.5. The maximum atomic E-state index is 12.6. The van der Waals surface area contributed by atoms with E-state index in [1.165, 1.54) is 37.0 Å². The van der Waals surface area contributed by atoms with Crippen molar-refractivity contribution in [1.29, 1.82) is 0 Å². The van der Waals surface area contributed by atoms with Crippen LogP contribution < -0.4 is 5.56 Å². The molecule has 2 aromatic rings. The van der Waals surface area contributed by atoms with E-state index in [1.807, 2.05) is 16.3 Å². The number of amides is 1. The van der Waals surface area contributed by atoms with E-state index < -0.39 is 0 Å². The van der Waals surface area contributed by atoms with Gasteiger partial charge in [0.05, 0.1) is 11.7 Å². The standard InChI is InChI=1S/C18H23N3O2S/c22-16(20-8-5-13-3-1-2-4-14(13)11-20)6-9-21-12-19-17-15(18(21)23)7-10-24-17/h7,10,12-14H,1-6,8-9,11H2/t13-,14-/m0/s1. The number of fused-ring (bicyclic) bond motifs is 2. The lowest BCUT2D eigenvalue weighted by molar-refractivity contribution is -0.134. The summed E-state index contributed by atoms with van der Waals surface area (Å²) < 4.78 is 1.57. The number of hydrogen-bond donors (Lipinski definition) is 0. The predicted octanol–water partition coefficient (Wildman–Crippen LogP) is 2.89. The Balaban J connectivity index is 1.39. The Morgan fingerprint density at radius 2 is 2.08 bits per heavy atom. The van der Waals surface area contributed by atoms with Crippen molar-refractivity contribution >= 4 is 27.5 Å². The summed E-state index contributed by atoms with van der Waals surface area (Å²) in [6, 6.07) is 1.81. The highest BCUT2D eigenvalue weighted by molar-refractivity contribution is 7.16. The molecule has 0 spiro atoms. The molecular weight excluding hydrogens is 322 g/mol. The third-order valence-corrected chi connectivity index (χ3v) is 6.48. The van der Waals surface area contributed by atoms with Crippen LogP contribution in [0.1, 0.15) is 38.5 Å². The van der Waals surface area contributed by atoms with Gasteiger partial charge in [0.2, 0.25) is 5.91 Å². The summed E-state index contributed by atoms with van der Waals surface area (Å²) in [5.74, 6) is 1.70. The van der Waals surface area contributed by atoms with Crippen molar-refractivity contribution in [1.82, 2.24) is 14.5 Å². The highest BCUT2D eigenvalue weighted by Crippen LogP contribution is 2.36. The molecule has 24 heavy (non-hydrogen) atoms. The van der Waals surface area contributed by atoms with E-state index in [-0.39, 0.29) is 11.5 Å². The first-order valence-corrected chi connectivity index (χ1v) is 9.81. The second-order valence-electron chi connectivity index (χ2n) is 7.07. The zero-order valence-corrected chi connectivity index (χ0v) is 14.6. The Bertz CT molecular complexity index is 797. The molecule has 128 valence electrons. The quantitative estimate of drug-likeness (QED) is 0.859. The van der Waals surface area contributed by atoms with Crippen molar-refractivity contribution in [2.24, 2.45) is 11.8 Å². The van der Waals surface area contributed by atoms with Gasteiger partial charge in [-0.3, -0.25) is 14.2 Å². The third kappa shape index (κ3) is 2.99. The van der Waals surface area contributed by atoms with E-state index in [1.54, 1.807) is 10.9 Å². The molecule has 2 fully saturated rings. The van der Waals surface area contributed by atoms with E-state index in [9.17, 15) is 9.59 Å². The van der Waals surface area contributed by atoms with Gasteiger partial charge in [-0.1, -0.05) is 19.3 Å². The molecule has 1 amide bonds. The number of likely N-dealkylation sites (tertiary alicyclic amines) is 1. The molecule has 0 N–H and O–H groups in total. The maximum absolute atomic E-state index is 12.6. The summed E-state index contributed by atoms with van der Waals surface area (Å²) in [6.07, 6.45) is 8.39. The van der Waals surface area contributed by atoms with Crippen molar-refractivity contribution in [3.8, 4) is 0 Å². The minimum atomic E-state index is -0.0416. The molecule has 2 aromatic heterocycles. The summed E-state index contributed by atoms with van der Waals surface area (Å²) in [4.78, 5) is 32.0. The molecule has 4 rings (SSSR count). The van der Waals surface area contributed by atoms with Gasteiger partial charge in [-0.25, -0.2) is 4.98 Å². The Labute approximate surface area is 145 Å². The largest absolute Gasteiger partial charge is 0.342 e. The Morgan fingerprint density at radius 3 is 2.96 bits per heavy atom. The van der Waals surface area contributed by atoms with Crippen LogP contribution in [0.2, 0.25) is 0 Å². The molecule has 3 heterocycles. The summed E-state index contributed by atoms with van der Waals surface area (Å²) >= 11 is 1.47. The molecule has 2 aliphatic rings. The monoisotopic (exact) mass is 345 g/mol. The molecule has 0 aromatic carbocycles. The average molecular weight is 345 g/mol. The summed E-state index contributed by atoms with van der Waals surface area (Å²) in [6.45, 7) is 2.22. The molecule has 0 radical (unpaired) electrons. The highest BCUT2D eigenvalue weighted by Gasteiger charge is 2.32. The molecule has 1 aliphatic heterocycles. The SMILES string of the molecule is O=C(CCn1cnc2sccc2c1=O)N1CC[C@@H]2CCCC[C@H]2C1. The van der Waals surface area contributed by atoms with Crippen molar-refractivity contribution in [2.75, 3.05) is 13.1 Å². The number of piperidine rings is 1. The average Bonchev–Trinajstić information content (AvgIpc) is 3.10. The number of aromatic nitrogens is 2. The van der Waals surface area contributed by atoms with Crippen LogP contribution in [0.25, 0.3) is 10.2 Å². The number of carbonyl (C=O) groups excluding carboxylic acids is 1. The molecular formula is C18H23N3O2S. The molecule has 0 bridgehead atoms. The fourth-order valence-electron chi connectivity index (χ4n) is 4.25. The molecule has 1 saturated carbocycles. The highest BCUT2D eigenvalue weighted by atomic mass is 32.1. The number of rotatable bonds is 3. The number of thiophene rings is 1. The fraction of sp³-hybridized carbons (Fsp3) is 0.611. The Kier molecular flexibility index (Phi) is 4.39. The van der Waals surface area contributed by atoms with E-state index in [0.29, 0.717) is 24.3 Å². The Hall–Kier alpha value is -1.69. The van der Waals surface area contributed by atoms with Crippen LogP contribution in [0.5, 0.6) is 0 Å². The molecule has 6 heteroatoms. The predicted molar refractivity (Wildman–Crippen MR) is 95.1 cm³/mol. The first kappa shape index (κ1) is 15.8. The van der Waals surface area contributed by atoms with E-state index in [4.69, 9.17) is 0 Å². The van der Waals surface area contributed by atoms with Gasteiger partial charge in [0.25, 0.3) is 5.56 Å². The number of hydrogen-bond acceptors (Lipinski definition) is 4. The molecule has 5 nitrogen and oxygen atoms in total. The number of carbonyl (C=O) groups is 1. The second-order valence-corrected chi connectivity index (χ2v) is 7.96. The van der Waals surface area contributed by atoms with Gasteiger partial charge in [-0.15, -0.1) is 11.3 Å². The van der Waals surface area contributed by atoms with Crippen molar-refractivity contribution < 1.29 is 4.79 Å². The van der Waals surface area contributed by atoms with Gasteiger partial charge in [-0.2, -0.15) is 0 Å². The van der Waals surface area contributed by atoms with Crippen LogP contribution in [0.15, 0.2) is 22.6 Å². The molecule has 1 saturated heterocycles. The van der Waals surface area contributed by atoms with Crippen molar-refractivity contribution in [2.45, 2.75) is 45.1 Å². The van der Waals surface area contributed by atoms with Crippen LogP contribution in [-0.4, -0.2) is 33.4 Å². The fourth-order valence-corrected chi connectivity index (χ4v) is 4.98. The Morgan fingerprint density at radius 1 is 1.25 bits per heavy atom. The van der Waals surface area contributed by atoms with Crippen LogP contribution >= 0.6 is 11.3 Å². The van der Waals surface area contributed by atoms with Crippen molar-refractivity contribution in [3.05, 3.63) is 28.1 Å². The van der Waals surface area contributed by atoms with Gasteiger partial charge < -0.3 is 4.90 Å². The molecule has 2 atom stereocenters. The zero-order valence-electron chi connectivity index (χ0n) is 13.8. The van der Waals surface area contributed by atoms with Gasteiger partial charge in [0.1, 0.15) is 4.83 Å². The topological polar surface area (TPSA) is 55.2 Å². The lowest BCUT2D eigenvalue weighted by atomic mass is 9.75. The minimum Gasteiger partial charge on any atom is -0.342 e. The maximum Gasteiger partial charge on any atom is 0.262 e. The smallest absolute Gasteiger partial charge is 0.262 e. The van der Waals surface area contributed by atoms with Crippen molar-refractivity contribution in [3.63, 3.8) is 0 Å². The lowest BCUT2D eigenvalue weighted by Gasteiger charge is -2.41. The number of nitrogens with zero attached hydrogens (tertiary/aromatic N) is 3. The van der Waals surface area contributed by atoms with Gasteiger partial charge in [0.15, 0.2) is 0 Å². The summed E-state index contributed by atoms with van der Waals surface area (Å²) in [7, 11) is 0. The van der Waals surface area contributed by atoms with Gasteiger partial charge in [0, 0.05) is 26.1 Å². The number of aryl methyl sites for hydroxylation is 1. The third-order valence-electron chi connectivity index (χ3n) is 5.66. The first-order chi connectivity index (χ1) is 11.7. The summed E-state index contributed by atoms with van der Waals surface area (Å²) in [5, 5.41) is 2.53. The lowest BCUT2D eigenvalue weighted by Crippen LogP contribution is -2.45. The first-order valence-electron chi connectivity index (χ1n) is 8.93. The van der Waals surface area contributed by atoms with Gasteiger partial charge in [-0.05, 0) is 36.1 Å². The van der Waals surface area contributed by atoms with E-state index in [0.717, 1.165) is 30.3 Å². The van der Waals surface area contributed by atoms with E-state index in [2.05, 4.69) is 4.98 Å². The second kappa shape index (κ2) is 6.67. The minimum absolute atomic E-state index is 0.0416. The molecule has 1 aliphatic carbocycles. The van der Waals surface area contributed by atoms with Gasteiger partial charge >= 0.3 is 0 Å². The molecule has 0 unspecified atom stereocenters. The van der Waals surface area contributed by atoms with Crippen LogP contribution in [0, 0.1) is 11.8 Å². The van der Waals surface area contributed by atoms with Crippen LogP contribution in [0.3, 0.4) is 0 Å². The van der Waals surface area contributed by atoms with Crippen LogP contribution in [-0.2, 0) is 11.3 Å². The van der Waals surface area contributed by atoms with Crippen LogP contribution in [0.4, 0.5) is 0 Å². The van der Waals surface area contributed by atoms with E-state index >= 15 is 0 Å². The summed E-state index contributed by atoms with van der Waals surface area (Å²) in [5.41, 5.74) is -0.0416. The normalized spacial score (nSPS) is 24.1.